The summed E-state index contributed by atoms with van der Waals surface area (Å²) in [7, 11) is 3.12. The Labute approximate surface area is 108 Å². The number of carboxylic acids is 1. The van der Waals surface area contributed by atoms with Crippen LogP contribution >= 0.6 is 0 Å². The quantitative estimate of drug-likeness (QED) is 0.875. The summed E-state index contributed by atoms with van der Waals surface area (Å²) < 4.78 is 10.5. The van der Waals surface area contributed by atoms with Gasteiger partial charge in [-0.05, 0) is 36.1 Å². The molecule has 18 heavy (non-hydrogen) atoms. The van der Waals surface area contributed by atoms with Crippen molar-refractivity contribution in [3.05, 3.63) is 23.3 Å². The summed E-state index contributed by atoms with van der Waals surface area (Å²) in [6, 6.07) is 3.62. The maximum atomic E-state index is 11.2. The van der Waals surface area contributed by atoms with E-state index < -0.39 is 11.9 Å². The molecule has 0 amide bonds. The largest absolute Gasteiger partial charge is 0.493 e. The summed E-state index contributed by atoms with van der Waals surface area (Å²) in [5, 5.41) is 9.16. The number of hydrogen-bond donors (Lipinski definition) is 1. The molecule has 1 N–H and O–H groups in total. The number of carbonyl (C=O) groups is 1. The summed E-state index contributed by atoms with van der Waals surface area (Å²) >= 11 is 0. The molecule has 0 aromatic heterocycles. The lowest BCUT2D eigenvalue weighted by Gasteiger charge is -2.19. The van der Waals surface area contributed by atoms with Gasteiger partial charge in [-0.15, -0.1) is 0 Å². The highest BCUT2D eigenvalue weighted by Gasteiger charge is 2.22. The molecule has 0 aliphatic carbocycles. The van der Waals surface area contributed by atoms with Gasteiger partial charge in [0.1, 0.15) is 0 Å². The highest BCUT2D eigenvalue weighted by molar-refractivity contribution is 5.76. The van der Waals surface area contributed by atoms with Crippen molar-refractivity contribution in [1.29, 1.82) is 0 Å². The molecular formula is C14H20O4. The van der Waals surface area contributed by atoms with Crippen LogP contribution in [-0.2, 0) is 4.79 Å². The maximum absolute atomic E-state index is 11.2. The molecule has 1 aromatic carbocycles. The Kier molecular flexibility index (Phi) is 4.59. The second-order valence-electron chi connectivity index (χ2n) is 4.55. The van der Waals surface area contributed by atoms with Gasteiger partial charge < -0.3 is 14.6 Å². The van der Waals surface area contributed by atoms with Crippen LogP contribution in [0, 0.1) is 0 Å². The first-order valence-corrected chi connectivity index (χ1v) is 5.91. The predicted molar refractivity (Wildman–Crippen MR) is 69.7 cm³/mol. The molecule has 1 aromatic rings. The van der Waals surface area contributed by atoms with E-state index in [0.717, 1.165) is 11.1 Å². The fourth-order valence-electron chi connectivity index (χ4n) is 1.92. The van der Waals surface area contributed by atoms with Crippen LogP contribution in [-0.4, -0.2) is 25.3 Å². The van der Waals surface area contributed by atoms with Crippen molar-refractivity contribution >= 4 is 5.97 Å². The molecule has 100 valence electrons. The molecule has 4 nitrogen and oxygen atoms in total. The van der Waals surface area contributed by atoms with E-state index in [1.165, 1.54) is 0 Å². The third-order valence-corrected chi connectivity index (χ3v) is 3.05. The Morgan fingerprint density at radius 1 is 1.06 bits per heavy atom. The van der Waals surface area contributed by atoms with Gasteiger partial charge in [0, 0.05) is 0 Å². The lowest BCUT2D eigenvalue weighted by atomic mass is 9.89. The van der Waals surface area contributed by atoms with Gasteiger partial charge in [0.05, 0.1) is 20.1 Å². The molecule has 0 radical (unpaired) electrons. The molecule has 0 heterocycles. The first kappa shape index (κ1) is 14.4. The molecule has 0 aliphatic heterocycles. The third kappa shape index (κ3) is 2.75. The van der Waals surface area contributed by atoms with Crippen LogP contribution in [0.5, 0.6) is 11.5 Å². The van der Waals surface area contributed by atoms with Crippen LogP contribution in [0.2, 0.25) is 0 Å². The van der Waals surface area contributed by atoms with Crippen LogP contribution in [0.3, 0.4) is 0 Å². The van der Waals surface area contributed by atoms with E-state index >= 15 is 0 Å². The number of benzene rings is 1. The van der Waals surface area contributed by atoms with Gasteiger partial charge in [-0.25, -0.2) is 0 Å². The van der Waals surface area contributed by atoms with Crippen molar-refractivity contribution in [2.75, 3.05) is 14.2 Å². The highest BCUT2D eigenvalue weighted by atomic mass is 16.5. The van der Waals surface area contributed by atoms with Crippen molar-refractivity contribution in [3.8, 4) is 11.5 Å². The van der Waals surface area contributed by atoms with Gasteiger partial charge in [0.15, 0.2) is 11.5 Å². The Balaban J connectivity index is 3.42. The summed E-state index contributed by atoms with van der Waals surface area (Å²) in [4.78, 5) is 11.2. The molecule has 0 saturated carbocycles. The van der Waals surface area contributed by atoms with E-state index in [0.29, 0.717) is 11.5 Å². The Morgan fingerprint density at radius 3 is 1.83 bits per heavy atom. The maximum Gasteiger partial charge on any atom is 0.310 e. The van der Waals surface area contributed by atoms with Gasteiger partial charge in [-0.2, -0.15) is 0 Å². The van der Waals surface area contributed by atoms with Gasteiger partial charge in [0.25, 0.3) is 0 Å². The summed E-state index contributed by atoms with van der Waals surface area (Å²) in [6.07, 6.45) is 0. The first-order valence-electron chi connectivity index (χ1n) is 5.91. The summed E-state index contributed by atoms with van der Waals surface area (Å²) in [5.41, 5.74) is 1.75. The zero-order valence-electron chi connectivity index (χ0n) is 11.5. The molecule has 1 rings (SSSR count). The van der Waals surface area contributed by atoms with Gasteiger partial charge >= 0.3 is 5.97 Å². The van der Waals surface area contributed by atoms with E-state index in [4.69, 9.17) is 14.6 Å². The molecular weight excluding hydrogens is 232 g/mol. The standard InChI is InChI=1S/C14H20O4/c1-8(2)10-6-12(17-4)13(18-5)7-11(10)9(3)14(15)16/h6-9H,1-5H3,(H,15,16). The minimum Gasteiger partial charge on any atom is -0.493 e. The molecule has 0 fully saturated rings. The van der Waals surface area contributed by atoms with Gasteiger partial charge in [0.2, 0.25) is 0 Å². The first-order chi connectivity index (χ1) is 8.42. The van der Waals surface area contributed by atoms with E-state index in [1.807, 2.05) is 19.9 Å². The topological polar surface area (TPSA) is 55.8 Å². The zero-order chi connectivity index (χ0) is 13.9. The van der Waals surface area contributed by atoms with Crippen molar-refractivity contribution in [2.24, 2.45) is 0 Å². The van der Waals surface area contributed by atoms with E-state index in [9.17, 15) is 4.79 Å². The average molecular weight is 252 g/mol. The molecule has 1 unspecified atom stereocenters. The monoisotopic (exact) mass is 252 g/mol. The van der Waals surface area contributed by atoms with E-state index in [2.05, 4.69) is 0 Å². The van der Waals surface area contributed by atoms with Crippen LogP contribution in [0.1, 0.15) is 43.7 Å². The molecule has 0 aliphatic rings. The van der Waals surface area contributed by atoms with Crippen LogP contribution in [0.4, 0.5) is 0 Å². The average Bonchev–Trinajstić information content (AvgIpc) is 2.35. The lowest BCUT2D eigenvalue weighted by molar-refractivity contribution is -0.138. The second kappa shape index (κ2) is 5.76. The normalized spacial score (nSPS) is 12.3. The van der Waals surface area contributed by atoms with Crippen molar-refractivity contribution in [2.45, 2.75) is 32.6 Å². The summed E-state index contributed by atoms with van der Waals surface area (Å²) in [6.45, 7) is 5.73. The summed E-state index contributed by atoms with van der Waals surface area (Å²) in [5.74, 6) is 0.000436. The van der Waals surface area contributed by atoms with Gasteiger partial charge in [-0.1, -0.05) is 13.8 Å². The Morgan fingerprint density at radius 2 is 1.50 bits per heavy atom. The van der Waals surface area contributed by atoms with Crippen molar-refractivity contribution in [3.63, 3.8) is 0 Å². The molecule has 0 saturated heterocycles. The van der Waals surface area contributed by atoms with E-state index in [1.54, 1.807) is 27.2 Å². The minimum absolute atomic E-state index is 0.224. The zero-order valence-corrected chi connectivity index (χ0v) is 11.5. The van der Waals surface area contributed by atoms with Crippen LogP contribution in [0.25, 0.3) is 0 Å². The predicted octanol–water partition coefficient (Wildman–Crippen LogP) is 3.02. The van der Waals surface area contributed by atoms with Crippen LogP contribution in [0.15, 0.2) is 12.1 Å². The highest BCUT2D eigenvalue weighted by Crippen LogP contribution is 2.37. The Bertz CT molecular complexity index is 438. The molecule has 4 heteroatoms. The number of carboxylic acid groups (broad SMARTS) is 1. The fourth-order valence-corrected chi connectivity index (χ4v) is 1.92. The lowest BCUT2D eigenvalue weighted by Crippen LogP contribution is -2.11. The van der Waals surface area contributed by atoms with Crippen molar-refractivity contribution < 1.29 is 19.4 Å². The van der Waals surface area contributed by atoms with Crippen molar-refractivity contribution in [1.82, 2.24) is 0 Å². The van der Waals surface area contributed by atoms with E-state index in [-0.39, 0.29) is 5.92 Å². The molecule has 0 bridgehead atoms. The molecule has 0 spiro atoms. The second-order valence-corrected chi connectivity index (χ2v) is 4.55. The van der Waals surface area contributed by atoms with Gasteiger partial charge in [-0.3, -0.25) is 4.79 Å². The Hall–Kier alpha value is -1.71. The molecule has 1 atom stereocenters. The minimum atomic E-state index is -0.843. The number of aliphatic carboxylic acids is 1. The SMILES string of the molecule is COc1cc(C(C)C)c(C(C)C(=O)O)cc1OC. The number of hydrogen-bond acceptors (Lipinski definition) is 3. The van der Waals surface area contributed by atoms with Crippen LogP contribution < -0.4 is 9.47 Å². The number of methoxy groups -OCH3 is 2. The third-order valence-electron chi connectivity index (χ3n) is 3.05. The smallest absolute Gasteiger partial charge is 0.310 e. The number of ether oxygens (including phenoxy) is 2. The fraction of sp³-hybridized carbons (Fsp3) is 0.500. The number of rotatable bonds is 5.